The highest BCUT2D eigenvalue weighted by Crippen LogP contribution is 2.12. The molecule has 3 heteroatoms. The van der Waals surface area contributed by atoms with Gasteiger partial charge in [-0.15, -0.1) is 6.58 Å². The first kappa shape index (κ1) is 12.0. The van der Waals surface area contributed by atoms with Crippen molar-refractivity contribution in [3.8, 4) is 0 Å². The van der Waals surface area contributed by atoms with E-state index in [2.05, 4.69) is 18.4 Å². The van der Waals surface area contributed by atoms with Crippen molar-refractivity contribution in [3.63, 3.8) is 0 Å². The summed E-state index contributed by atoms with van der Waals surface area (Å²) in [5, 5.41) is 0. The summed E-state index contributed by atoms with van der Waals surface area (Å²) in [6.45, 7) is 9.28. The van der Waals surface area contributed by atoms with Gasteiger partial charge < -0.3 is 10.2 Å². The smallest absolute Gasteiger partial charge is 0.121 e. The Morgan fingerprint density at radius 1 is 1.60 bits per heavy atom. The molecule has 1 aromatic rings. The zero-order valence-corrected chi connectivity index (χ0v) is 9.41. The van der Waals surface area contributed by atoms with Crippen LogP contribution in [0, 0.1) is 0 Å². The summed E-state index contributed by atoms with van der Waals surface area (Å²) in [7, 11) is 0. The van der Waals surface area contributed by atoms with E-state index in [1.54, 1.807) is 6.26 Å². The van der Waals surface area contributed by atoms with Gasteiger partial charge in [0.2, 0.25) is 0 Å². The summed E-state index contributed by atoms with van der Waals surface area (Å²) in [6.07, 6.45) is 4.77. The second-order valence-corrected chi connectivity index (χ2v) is 3.60. The van der Waals surface area contributed by atoms with Gasteiger partial charge in [-0.25, -0.2) is 0 Å². The molecule has 0 radical (unpaired) electrons. The van der Waals surface area contributed by atoms with Crippen LogP contribution in [0.5, 0.6) is 0 Å². The molecule has 0 atom stereocenters. The molecule has 2 N–H and O–H groups in total. The third-order valence-corrected chi connectivity index (χ3v) is 2.34. The van der Waals surface area contributed by atoms with Gasteiger partial charge in [-0.2, -0.15) is 0 Å². The van der Waals surface area contributed by atoms with Crippen molar-refractivity contribution in [2.45, 2.75) is 26.4 Å². The first-order chi connectivity index (χ1) is 7.31. The molecule has 1 rings (SSSR count). The van der Waals surface area contributed by atoms with Crippen LogP contribution in [0.25, 0.3) is 0 Å². The van der Waals surface area contributed by atoms with Gasteiger partial charge in [0.25, 0.3) is 0 Å². The minimum Gasteiger partial charge on any atom is -0.468 e. The fourth-order valence-corrected chi connectivity index (χ4v) is 1.66. The quantitative estimate of drug-likeness (QED) is 0.698. The minimum absolute atomic E-state index is 0.469. The maximum absolute atomic E-state index is 5.59. The number of rotatable bonds is 7. The van der Waals surface area contributed by atoms with Gasteiger partial charge in [0.15, 0.2) is 0 Å². The Kier molecular flexibility index (Phi) is 5.15. The molecule has 0 aliphatic heterocycles. The Hall–Kier alpha value is -1.06. The fourth-order valence-electron chi connectivity index (χ4n) is 1.66. The summed E-state index contributed by atoms with van der Waals surface area (Å²) in [4.78, 5) is 2.33. The molecule has 0 bridgehead atoms. The maximum Gasteiger partial charge on any atom is 0.121 e. The van der Waals surface area contributed by atoms with Gasteiger partial charge in [0.05, 0.1) is 12.8 Å². The van der Waals surface area contributed by atoms with Crippen LogP contribution in [0.2, 0.25) is 0 Å². The van der Waals surface area contributed by atoms with E-state index < -0.39 is 0 Å². The Labute approximate surface area is 91.6 Å². The Bertz CT molecular complexity index is 294. The van der Waals surface area contributed by atoms with Gasteiger partial charge in [-0.1, -0.05) is 13.0 Å². The molecule has 15 heavy (non-hydrogen) atoms. The number of nitrogens with zero attached hydrogens (tertiary/aromatic N) is 1. The lowest BCUT2D eigenvalue weighted by Crippen LogP contribution is -2.24. The van der Waals surface area contributed by atoms with Crippen LogP contribution in [0.4, 0.5) is 0 Å². The van der Waals surface area contributed by atoms with Gasteiger partial charge >= 0.3 is 0 Å². The molecule has 1 aromatic heterocycles. The second-order valence-electron chi connectivity index (χ2n) is 3.60. The van der Waals surface area contributed by atoms with Gasteiger partial charge in [0.1, 0.15) is 5.76 Å². The van der Waals surface area contributed by atoms with Crippen LogP contribution in [0.15, 0.2) is 29.4 Å². The van der Waals surface area contributed by atoms with E-state index in [9.17, 15) is 0 Å². The van der Waals surface area contributed by atoms with E-state index in [4.69, 9.17) is 10.2 Å². The third kappa shape index (κ3) is 3.53. The van der Waals surface area contributed by atoms with Gasteiger partial charge in [0, 0.05) is 18.7 Å². The highest BCUT2D eigenvalue weighted by atomic mass is 16.3. The largest absolute Gasteiger partial charge is 0.468 e. The molecule has 0 aromatic carbocycles. The SMILES string of the molecule is C=CCN(CCC)Cc1ccoc1CN. The van der Waals surface area contributed by atoms with Crippen LogP contribution in [-0.2, 0) is 13.1 Å². The van der Waals surface area contributed by atoms with Crippen LogP contribution in [-0.4, -0.2) is 18.0 Å². The highest BCUT2D eigenvalue weighted by molar-refractivity contribution is 5.16. The molecule has 1 heterocycles. The molecular formula is C12H20N2O. The van der Waals surface area contributed by atoms with Crippen LogP contribution in [0.1, 0.15) is 24.7 Å². The first-order valence-electron chi connectivity index (χ1n) is 5.40. The lowest BCUT2D eigenvalue weighted by molar-refractivity contribution is 0.292. The fraction of sp³-hybridized carbons (Fsp3) is 0.500. The average Bonchev–Trinajstić information content (AvgIpc) is 2.66. The molecule has 0 unspecified atom stereocenters. The van der Waals surface area contributed by atoms with Gasteiger partial charge in [-0.3, -0.25) is 4.90 Å². The average molecular weight is 208 g/mol. The van der Waals surface area contributed by atoms with Crippen molar-refractivity contribution in [3.05, 3.63) is 36.3 Å². The predicted octanol–water partition coefficient (Wildman–Crippen LogP) is 2.14. The minimum atomic E-state index is 0.469. The first-order valence-corrected chi connectivity index (χ1v) is 5.40. The molecule has 0 saturated heterocycles. The number of hydrogen-bond donors (Lipinski definition) is 1. The van der Waals surface area contributed by atoms with E-state index in [1.165, 1.54) is 5.56 Å². The summed E-state index contributed by atoms with van der Waals surface area (Å²) >= 11 is 0. The molecule has 0 saturated carbocycles. The summed E-state index contributed by atoms with van der Waals surface area (Å²) in [5.41, 5.74) is 6.77. The summed E-state index contributed by atoms with van der Waals surface area (Å²) in [5.74, 6) is 0.889. The molecule has 0 aliphatic carbocycles. The number of nitrogens with two attached hydrogens (primary N) is 1. The summed E-state index contributed by atoms with van der Waals surface area (Å²) < 4.78 is 5.29. The van der Waals surface area contributed by atoms with E-state index in [0.29, 0.717) is 6.54 Å². The second kappa shape index (κ2) is 6.43. The summed E-state index contributed by atoms with van der Waals surface area (Å²) in [6, 6.07) is 1.99. The maximum atomic E-state index is 5.59. The van der Waals surface area contributed by atoms with Crippen molar-refractivity contribution in [2.75, 3.05) is 13.1 Å². The molecule has 0 aliphatic rings. The topological polar surface area (TPSA) is 42.4 Å². The van der Waals surface area contributed by atoms with E-state index in [-0.39, 0.29) is 0 Å². The van der Waals surface area contributed by atoms with Crippen molar-refractivity contribution in [1.82, 2.24) is 4.90 Å². The lowest BCUT2D eigenvalue weighted by atomic mass is 10.2. The zero-order valence-electron chi connectivity index (χ0n) is 9.41. The normalized spacial score (nSPS) is 10.9. The molecule has 0 amide bonds. The van der Waals surface area contributed by atoms with Crippen LogP contribution >= 0.6 is 0 Å². The Balaban J connectivity index is 2.60. The Morgan fingerprint density at radius 3 is 3.00 bits per heavy atom. The molecule has 3 nitrogen and oxygen atoms in total. The highest BCUT2D eigenvalue weighted by Gasteiger charge is 2.08. The standard InChI is InChI=1S/C12H20N2O/c1-3-6-14(7-4-2)10-11-5-8-15-12(11)9-13/h3,5,8H,1,4,6-7,9-10,13H2,2H3. The zero-order chi connectivity index (χ0) is 11.1. The number of hydrogen-bond acceptors (Lipinski definition) is 3. The number of furan rings is 1. The van der Waals surface area contributed by atoms with E-state index >= 15 is 0 Å². The van der Waals surface area contributed by atoms with Crippen LogP contribution < -0.4 is 5.73 Å². The van der Waals surface area contributed by atoms with Crippen molar-refractivity contribution >= 4 is 0 Å². The van der Waals surface area contributed by atoms with Crippen LogP contribution in [0.3, 0.4) is 0 Å². The van der Waals surface area contributed by atoms with E-state index in [1.807, 2.05) is 12.1 Å². The van der Waals surface area contributed by atoms with Gasteiger partial charge in [-0.05, 0) is 19.0 Å². The monoisotopic (exact) mass is 208 g/mol. The lowest BCUT2D eigenvalue weighted by Gasteiger charge is -2.19. The third-order valence-electron chi connectivity index (χ3n) is 2.34. The van der Waals surface area contributed by atoms with Crippen molar-refractivity contribution in [1.29, 1.82) is 0 Å². The van der Waals surface area contributed by atoms with Crippen molar-refractivity contribution < 1.29 is 4.42 Å². The predicted molar refractivity (Wildman–Crippen MR) is 62.4 cm³/mol. The molecule has 0 spiro atoms. The Morgan fingerprint density at radius 2 is 2.40 bits per heavy atom. The van der Waals surface area contributed by atoms with E-state index in [0.717, 1.165) is 31.8 Å². The van der Waals surface area contributed by atoms with Crippen molar-refractivity contribution in [2.24, 2.45) is 5.73 Å². The molecular weight excluding hydrogens is 188 g/mol. The molecule has 0 fully saturated rings. The molecule has 84 valence electrons.